The van der Waals surface area contributed by atoms with Gasteiger partial charge in [-0.1, -0.05) is 0 Å². The summed E-state index contributed by atoms with van der Waals surface area (Å²) in [4.78, 5) is 7.64. The van der Waals surface area contributed by atoms with Crippen molar-refractivity contribution in [2.24, 2.45) is 0 Å². The number of aliphatic hydroxyl groups is 1. The fraction of sp³-hybridized carbons (Fsp3) is 0.429. The molecule has 0 radical (unpaired) electrons. The fourth-order valence-electron chi connectivity index (χ4n) is 0.681. The molecule has 1 aromatic heterocycles. The summed E-state index contributed by atoms with van der Waals surface area (Å²) in [5.74, 6) is 0.599. The second kappa shape index (κ2) is 4.50. The quantitative estimate of drug-likeness (QED) is 0.611. The van der Waals surface area contributed by atoms with Crippen LogP contribution in [0.15, 0.2) is 12.4 Å². The van der Waals surface area contributed by atoms with Crippen LogP contribution in [-0.4, -0.2) is 28.3 Å². The first kappa shape index (κ1) is 8.73. The lowest BCUT2D eigenvalue weighted by Gasteiger charge is -2.04. The lowest BCUT2D eigenvalue weighted by Crippen LogP contribution is -2.04. The van der Waals surface area contributed by atoms with Crippen LogP contribution < -0.4 is 10.5 Å². The molecule has 5 nitrogen and oxygen atoms in total. The summed E-state index contributed by atoms with van der Waals surface area (Å²) in [7, 11) is 0. The number of nitrogens with two attached hydrogens (primary N) is 1. The van der Waals surface area contributed by atoms with Crippen molar-refractivity contribution in [3.8, 4) is 5.88 Å². The lowest BCUT2D eigenvalue weighted by molar-refractivity contribution is 0.229. The minimum atomic E-state index is 0.0974. The Bertz CT molecular complexity index is 242. The Morgan fingerprint density at radius 1 is 1.42 bits per heavy atom. The van der Waals surface area contributed by atoms with Crippen molar-refractivity contribution in [1.82, 2.24) is 9.97 Å². The predicted octanol–water partition coefficient (Wildman–Crippen LogP) is -0.180. The molecule has 0 amide bonds. The van der Waals surface area contributed by atoms with Crippen molar-refractivity contribution < 1.29 is 9.84 Å². The van der Waals surface area contributed by atoms with Crippen molar-refractivity contribution >= 4 is 5.82 Å². The molecular weight excluding hydrogens is 158 g/mol. The van der Waals surface area contributed by atoms with Crippen molar-refractivity contribution in [3.05, 3.63) is 12.4 Å². The van der Waals surface area contributed by atoms with Crippen LogP contribution >= 0.6 is 0 Å². The molecule has 0 aromatic carbocycles. The SMILES string of the molecule is Nc1nccnc1OCCCO. The fourth-order valence-corrected chi connectivity index (χ4v) is 0.681. The highest BCUT2D eigenvalue weighted by Crippen LogP contribution is 2.12. The highest BCUT2D eigenvalue weighted by molar-refractivity contribution is 5.38. The molecule has 0 fully saturated rings. The molecule has 3 N–H and O–H groups in total. The molecule has 0 unspecified atom stereocenters. The van der Waals surface area contributed by atoms with E-state index in [1.807, 2.05) is 0 Å². The van der Waals surface area contributed by atoms with Crippen LogP contribution in [0.25, 0.3) is 0 Å². The molecule has 0 bridgehead atoms. The van der Waals surface area contributed by atoms with Crippen LogP contribution in [0.4, 0.5) is 5.82 Å². The Morgan fingerprint density at radius 3 is 2.83 bits per heavy atom. The Hall–Kier alpha value is -1.36. The molecule has 0 saturated heterocycles. The molecule has 12 heavy (non-hydrogen) atoms. The summed E-state index contributed by atoms with van der Waals surface area (Å²) in [5, 5.41) is 8.47. The molecule has 1 aromatic rings. The van der Waals surface area contributed by atoms with Gasteiger partial charge in [0.05, 0.1) is 6.61 Å². The van der Waals surface area contributed by atoms with E-state index in [9.17, 15) is 0 Å². The number of nitrogens with zero attached hydrogens (tertiary/aromatic N) is 2. The van der Waals surface area contributed by atoms with E-state index in [-0.39, 0.29) is 12.4 Å². The molecule has 0 saturated carbocycles. The average molecular weight is 169 g/mol. The Kier molecular flexibility index (Phi) is 3.28. The summed E-state index contributed by atoms with van der Waals surface area (Å²) >= 11 is 0. The van der Waals surface area contributed by atoms with Gasteiger partial charge in [-0.15, -0.1) is 0 Å². The summed E-state index contributed by atoms with van der Waals surface area (Å²) in [6.07, 6.45) is 3.56. The van der Waals surface area contributed by atoms with Gasteiger partial charge in [-0.25, -0.2) is 9.97 Å². The molecule has 1 rings (SSSR count). The molecule has 0 atom stereocenters. The molecule has 0 aliphatic rings. The monoisotopic (exact) mass is 169 g/mol. The van der Waals surface area contributed by atoms with Gasteiger partial charge >= 0.3 is 0 Å². The summed E-state index contributed by atoms with van der Waals surface area (Å²) < 4.78 is 5.12. The lowest BCUT2D eigenvalue weighted by atomic mass is 10.5. The first-order valence-electron chi connectivity index (χ1n) is 3.64. The molecular formula is C7H11N3O2. The van der Waals surface area contributed by atoms with Gasteiger partial charge in [-0.05, 0) is 0 Å². The third kappa shape index (κ3) is 2.35. The zero-order valence-corrected chi connectivity index (χ0v) is 6.60. The summed E-state index contributed by atoms with van der Waals surface area (Å²) in [5.41, 5.74) is 5.44. The second-order valence-corrected chi connectivity index (χ2v) is 2.17. The van der Waals surface area contributed by atoms with E-state index < -0.39 is 0 Å². The Balaban J connectivity index is 2.46. The Morgan fingerprint density at radius 2 is 2.17 bits per heavy atom. The van der Waals surface area contributed by atoms with E-state index in [4.69, 9.17) is 15.6 Å². The maximum atomic E-state index is 8.47. The molecule has 1 heterocycles. The average Bonchev–Trinajstić information content (AvgIpc) is 2.09. The van der Waals surface area contributed by atoms with E-state index in [0.717, 1.165) is 0 Å². The maximum absolute atomic E-state index is 8.47. The van der Waals surface area contributed by atoms with Gasteiger partial charge in [0.25, 0.3) is 5.88 Å². The molecule has 0 aliphatic carbocycles. The van der Waals surface area contributed by atoms with Crippen molar-refractivity contribution in [2.75, 3.05) is 18.9 Å². The van der Waals surface area contributed by atoms with Crippen LogP contribution in [-0.2, 0) is 0 Å². The summed E-state index contributed by atoms with van der Waals surface area (Å²) in [6, 6.07) is 0. The normalized spacial score (nSPS) is 9.75. The highest BCUT2D eigenvalue weighted by atomic mass is 16.5. The number of anilines is 1. The van der Waals surface area contributed by atoms with Crippen LogP contribution in [0, 0.1) is 0 Å². The van der Waals surface area contributed by atoms with Crippen molar-refractivity contribution in [3.63, 3.8) is 0 Å². The minimum absolute atomic E-state index is 0.0974. The smallest absolute Gasteiger partial charge is 0.257 e. The minimum Gasteiger partial charge on any atom is -0.475 e. The number of hydrogen-bond acceptors (Lipinski definition) is 5. The maximum Gasteiger partial charge on any atom is 0.257 e. The van der Waals surface area contributed by atoms with Gasteiger partial charge in [0, 0.05) is 25.4 Å². The predicted molar refractivity (Wildman–Crippen MR) is 43.6 cm³/mol. The number of aromatic nitrogens is 2. The third-order valence-corrected chi connectivity index (χ3v) is 1.23. The molecule has 5 heteroatoms. The van der Waals surface area contributed by atoms with Gasteiger partial charge in [0.15, 0.2) is 5.82 Å². The zero-order valence-electron chi connectivity index (χ0n) is 6.60. The molecule has 0 spiro atoms. The molecule has 0 aliphatic heterocycles. The van der Waals surface area contributed by atoms with Gasteiger partial charge in [-0.2, -0.15) is 0 Å². The second-order valence-electron chi connectivity index (χ2n) is 2.17. The van der Waals surface area contributed by atoms with E-state index in [0.29, 0.717) is 18.9 Å². The first-order valence-corrected chi connectivity index (χ1v) is 3.64. The van der Waals surface area contributed by atoms with Gasteiger partial charge in [0.1, 0.15) is 0 Å². The third-order valence-electron chi connectivity index (χ3n) is 1.23. The number of nitrogen functional groups attached to an aromatic ring is 1. The Labute approximate surface area is 70.2 Å². The van der Waals surface area contributed by atoms with Crippen molar-refractivity contribution in [2.45, 2.75) is 6.42 Å². The standard InChI is InChI=1S/C7H11N3O2/c8-6-7(10-3-2-9-6)12-5-1-4-11/h2-3,11H,1,4-5H2,(H2,8,9). The summed E-state index contributed by atoms with van der Waals surface area (Å²) in [6.45, 7) is 0.500. The van der Waals surface area contributed by atoms with Crippen LogP contribution in [0.1, 0.15) is 6.42 Å². The highest BCUT2D eigenvalue weighted by Gasteiger charge is 1.99. The number of aliphatic hydroxyl groups excluding tert-OH is 1. The van der Waals surface area contributed by atoms with Gasteiger partial charge < -0.3 is 15.6 Å². The zero-order chi connectivity index (χ0) is 8.81. The topological polar surface area (TPSA) is 81.3 Å². The number of rotatable bonds is 4. The van der Waals surface area contributed by atoms with E-state index in [2.05, 4.69) is 9.97 Å². The first-order chi connectivity index (χ1) is 5.84. The number of ether oxygens (including phenoxy) is 1. The van der Waals surface area contributed by atoms with Crippen molar-refractivity contribution in [1.29, 1.82) is 0 Å². The van der Waals surface area contributed by atoms with Gasteiger partial charge in [-0.3, -0.25) is 0 Å². The van der Waals surface area contributed by atoms with Crippen LogP contribution in [0.2, 0.25) is 0 Å². The largest absolute Gasteiger partial charge is 0.475 e. The van der Waals surface area contributed by atoms with Gasteiger partial charge in [0.2, 0.25) is 0 Å². The number of hydrogen-bond donors (Lipinski definition) is 2. The van der Waals surface area contributed by atoms with Crippen LogP contribution in [0.5, 0.6) is 5.88 Å². The van der Waals surface area contributed by atoms with E-state index >= 15 is 0 Å². The van der Waals surface area contributed by atoms with E-state index in [1.54, 1.807) is 0 Å². The van der Waals surface area contributed by atoms with Crippen LogP contribution in [0.3, 0.4) is 0 Å². The van der Waals surface area contributed by atoms with E-state index in [1.165, 1.54) is 12.4 Å². The molecule has 66 valence electrons.